The number of piperazine rings is 1. The van der Waals surface area contributed by atoms with E-state index < -0.39 is 12.1 Å². The van der Waals surface area contributed by atoms with Crippen LogP contribution in [0.15, 0.2) is 90.6 Å². The van der Waals surface area contributed by atoms with Crippen LogP contribution in [0, 0.1) is 0 Å². The minimum Gasteiger partial charge on any atom is -0.485 e. The average Bonchev–Trinajstić information content (AvgIpc) is 3.75. The minimum absolute atomic E-state index is 0.111. The molecule has 1 fully saturated rings. The van der Waals surface area contributed by atoms with Crippen LogP contribution < -0.4 is 10.2 Å². The van der Waals surface area contributed by atoms with Crippen LogP contribution in [0.25, 0.3) is 5.95 Å². The summed E-state index contributed by atoms with van der Waals surface area (Å²) in [7, 11) is 0. The van der Waals surface area contributed by atoms with Crippen LogP contribution in [0.4, 0.5) is 10.6 Å². The summed E-state index contributed by atoms with van der Waals surface area (Å²) in [5, 5.41) is 2.97. The predicted octanol–water partition coefficient (Wildman–Crippen LogP) is 3.44. The van der Waals surface area contributed by atoms with Gasteiger partial charge in [-0.2, -0.15) is 4.98 Å². The van der Waals surface area contributed by atoms with Gasteiger partial charge in [-0.15, -0.1) is 0 Å². The molecule has 5 heterocycles. The number of carbonyl (C=O) groups excluding carboxylic acids is 2. The molecule has 12 nitrogen and oxygen atoms in total. The van der Waals surface area contributed by atoms with Gasteiger partial charge in [-0.25, -0.2) is 14.8 Å². The van der Waals surface area contributed by atoms with Gasteiger partial charge in [0.2, 0.25) is 11.9 Å². The van der Waals surface area contributed by atoms with Crippen molar-refractivity contribution in [2.45, 2.75) is 32.4 Å². The van der Waals surface area contributed by atoms with E-state index in [1.807, 2.05) is 53.5 Å². The maximum Gasteiger partial charge on any atom is 0.410 e. The maximum absolute atomic E-state index is 13.7. The summed E-state index contributed by atoms with van der Waals surface area (Å²) in [6.45, 7) is 5.85. The van der Waals surface area contributed by atoms with Gasteiger partial charge >= 0.3 is 6.09 Å². The molecule has 0 aliphatic carbocycles. The highest BCUT2D eigenvalue weighted by Crippen LogP contribution is 2.26. The molecular formula is C31H33N7O5. The number of benzene rings is 1. The number of nitrogens with zero attached hydrogens (tertiary/aromatic N) is 6. The third-order valence-electron chi connectivity index (χ3n) is 7.37. The van der Waals surface area contributed by atoms with E-state index in [0.717, 1.165) is 16.8 Å². The number of nitrogens with one attached hydrogen (secondary N) is 1. The molecule has 1 unspecified atom stereocenters. The molecule has 3 aromatic rings. The molecule has 3 aliphatic rings. The van der Waals surface area contributed by atoms with Gasteiger partial charge in [-0.05, 0) is 23.6 Å². The van der Waals surface area contributed by atoms with E-state index in [9.17, 15) is 9.59 Å². The number of anilines is 1. The normalized spacial score (nSPS) is 17.7. The molecule has 1 saturated heterocycles. The summed E-state index contributed by atoms with van der Waals surface area (Å²) in [6, 6.07) is 10.6. The Labute approximate surface area is 249 Å². The molecule has 222 valence electrons. The van der Waals surface area contributed by atoms with Crippen LogP contribution in [-0.2, 0) is 25.6 Å². The fourth-order valence-corrected chi connectivity index (χ4v) is 4.97. The van der Waals surface area contributed by atoms with Crippen molar-refractivity contribution >= 4 is 17.8 Å². The Morgan fingerprint density at radius 1 is 1.14 bits per heavy atom. The van der Waals surface area contributed by atoms with E-state index in [4.69, 9.17) is 24.2 Å². The Hall–Kier alpha value is -5.13. The van der Waals surface area contributed by atoms with Gasteiger partial charge in [0.05, 0.1) is 12.0 Å². The van der Waals surface area contributed by atoms with Gasteiger partial charge in [-0.1, -0.05) is 44.2 Å². The summed E-state index contributed by atoms with van der Waals surface area (Å²) in [6.07, 6.45) is 9.84. The Morgan fingerprint density at radius 2 is 2.00 bits per heavy atom. The van der Waals surface area contributed by atoms with Crippen molar-refractivity contribution in [2.24, 2.45) is 0 Å². The molecule has 2 amide bonds. The molecule has 0 saturated carbocycles. The van der Waals surface area contributed by atoms with Crippen molar-refractivity contribution in [3.05, 3.63) is 102 Å². The second kappa shape index (κ2) is 12.4. The second-order valence-electron chi connectivity index (χ2n) is 10.7. The highest BCUT2D eigenvalue weighted by atomic mass is 16.6. The van der Waals surface area contributed by atoms with Crippen molar-refractivity contribution in [1.29, 1.82) is 0 Å². The SMILES string of the molecule is CC(C)c1cc(N2CCN(C(=O)OCc3ccccc3)C(C(=O)NCC3=COC4=CCOC4=C3)C2)nc(-n2ccnc2)n1. The third-order valence-corrected chi connectivity index (χ3v) is 7.37. The summed E-state index contributed by atoms with van der Waals surface area (Å²) in [4.78, 5) is 44.1. The number of carbonyl (C=O) groups is 2. The van der Waals surface area contributed by atoms with Crippen molar-refractivity contribution < 1.29 is 23.8 Å². The molecule has 43 heavy (non-hydrogen) atoms. The number of aromatic nitrogens is 4. The van der Waals surface area contributed by atoms with E-state index in [1.165, 1.54) is 4.90 Å². The average molecular weight is 584 g/mol. The fraction of sp³-hybridized carbons (Fsp3) is 0.323. The highest BCUT2D eigenvalue weighted by molar-refractivity contribution is 5.87. The van der Waals surface area contributed by atoms with Gasteiger partial charge in [0.15, 0.2) is 11.5 Å². The van der Waals surface area contributed by atoms with Crippen molar-refractivity contribution in [1.82, 2.24) is 29.7 Å². The monoisotopic (exact) mass is 583 g/mol. The smallest absolute Gasteiger partial charge is 0.410 e. The molecule has 6 rings (SSSR count). The van der Waals surface area contributed by atoms with Gasteiger partial charge in [0.1, 0.15) is 31.4 Å². The second-order valence-corrected chi connectivity index (χ2v) is 10.7. The van der Waals surface area contributed by atoms with Crippen LogP contribution in [-0.4, -0.2) is 75.2 Å². The number of hydrogen-bond donors (Lipinski definition) is 1. The molecule has 2 aromatic heterocycles. The third kappa shape index (κ3) is 6.37. The van der Waals surface area contributed by atoms with E-state index >= 15 is 0 Å². The molecular weight excluding hydrogens is 550 g/mol. The van der Waals surface area contributed by atoms with Crippen LogP contribution in [0.3, 0.4) is 0 Å². The molecule has 1 atom stereocenters. The molecule has 12 heteroatoms. The standard InChI is InChI=1S/C31H33N7O5/c1-21(2)24-15-28(35-30(34-24)37-10-9-32-20-37)36-11-12-38(31(40)43-18-22-6-4-3-5-7-22)25(17-36)29(39)33-16-23-14-27-26(42-19-23)8-13-41-27/h3-10,14-15,19-21,25H,11-13,16-18H2,1-2H3,(H,33,39). The van der Waals surface area contributed by atoms with E-state index in [1.54, 1.807) is 29.6 Å². The summed E-state index contributed by atoms with van der Waals surface area (Å²) >= 11 is 0. The Bertz CT molecular complexity index is 1570. The number of amides is 2. The molecule has 0 bridgehead atoms. The Balaban J connectivity index is 1.22. The van der Waals surface area contributed by atoms with E-state index in [0.29, 0.717) is 36.4 Å². The van der Waals surface area contributed by atoms with Crippen LogP contribution >= 0.6 is 0 Å². The van der Waals surface area contributed by atoms with Gasteiger partial charge in [-0.3, -0.25) is 14.3 Å². The zero-order valence-electron chi connectivity index (χ0n) is 24.1. The minimum atomic E-state index is -0.831. The number of imidazole rings is 1. The van der Waals surface area contributed by atoms with Gasteiger partial charge in [0.25, 0.3) is 0 Å². The summed E-state index contributed by atoms with van der Waals surface area (Å²) in [5.41, 5.74) is 2.47. The van der Waals surface area contributed by atoms with Gasteiger partial charge in [0, 0.05) is 50.2 Å². The molecule has 0 spiro atoms. The van der Waals surface area contributed by atoms with Crippen molar-refractivity contribution in [3.63, 3.8) is 0 Å². The lowest BCUT2D eigenvalue weighted by Crippen LogP contribution is -2.61. The number of rotatable bonds is 8. The lowest BCUT2D eigenvalue weighted by Gasteiger charge is -2.40. The van der Waals surface area contributed by atoms with Crippen molar-refractivity contribution in [3.8, 4) is 5.95 Å². The van der Waals surface area contributed by atoms with E-state index in [-0.39, 0.29) is 38.1 Å². The van der Waals surface area contributed by atoms with Crippen molar-refractivity contribution in [2.75, 3.05) is 37.7 Å². The maximum atomic E-state index is 13.7. The fourth-order valence-electron chi connectivity index (χ4n) is 4.97. The zero-order chi connectivity index (χ0) is 29.8. The first kappa shape index (κ1) is 28.0. The number of fused-ring (bicyclic) bond motifs is 1. The van der Waals surface area contributed by atoms with E-state index in [2.05, 4.69) is 24.1 Å². The van der Waals surface area contributed by atoms with Crippen LogP contribution in [0.1, 0.15) is 31.0 Å². The lowest BCUT2D eigenvalue weighted by atomic mass is 10.1. The Morgan fingerprint density at radius 3 is 2.79 bits per heavy atom. The quantitative estimate of drug-likeness (QED) is 0.425. The molecule has 1 aromatic carbocycles. The van der Waals surface area contributed by atoms with Gasteiger partial charge < -0.3 is 24.4 Å². The number of hydrogen-bond acceptors (Lipinski definition) is 9. The highest BCUT2D eigenvalue weighted by Gasteiger charge is 2.37. The molecule has 1 N–H and O–H groups in total. The first-order chi connectivity index (χ1) is 20.9. The Kier molecular flexibility index (Phi) is 8.07. The summed E-state index contributed by atoms with van der Waals surface area (Å²) in [5.74, 6) is 2.30. The predicted molar refractivity (Wildman–Crippen MR) is 157 cm³/mol. The van der Waals surface area contributed by atoms with Crippen LogP contribution in [0.5, 0.6) is 0 Å². The zero-order valence-corrected chi connectivity index (χ0v) is 24.1. The molecule has 3 aliphatic heterocycles. The number of ether oxygens (including phenoxy) is 3. The lowest BCUT2D eigenvalue weighted by molar-refractivity contribution is -0.126. The van der Waals surface area contributed by atoms with Crippen LogP contribution in [0.2, 0.25) is 0 Å². The largest absolute Gasteiger partial charge is 0.485 e. The summed E-state index contributed by atoms with van der Waals surface area (Å²) < 4.78 is 18.5. The first-order valence-electron chi connectivity index (χ1n) is 14.2. The molecule has 0 radical (unpaired) electrons. The topological polar surface area (TPSA) is 124 Å². The first-order valence-corrected chi connectivity index (χ1v) is 14.2.